The smallest absolute Gasteiger partial charge is 0.0465 e. The van der Waals surface area contributed by atoms with E-state index < -0.39 is 0 Å². The second kappa shape index (κ2) is 6.93. The fraction of sp³-hybridized carbons (Fsp3) is 0.571. The Morgan fingerprint density at radius 3 is 2.56 bits per heavy atom. The van der Waals surface area contributed by atoms with Crippen LogP contribution in [0.15, 0.2) is 24.3 Å². The number of rotatable bonds is 6. The zero-order valence-electron chi connectivity index (χ0n) is 10.4. The average molecular weight is 241 g/mol. The summed E-state index contributed by atoms with van der Waals surface area (Å²) in [4.78, 5) is 0. The van der Waals surface area contributed by atoms with Crippen molar-refractivity contribution in [2.24, 2.45) is 5.92 Å². The van der Waals surface area contributed by atoms with Crippen LogP contribution in [-0.2, 0) is 4.74 Å². The van der Waals surface area contributed by atoms with Gasteiger partial charge in [0.1, 0.15) is 0 Å². The fourth-order valence-corrected chi connectivity index (χ4v) is 2.52. The molecule has 0 aliphatic carbocycles. The zero-order chi connectivity index (χ0) is 12.0. The third kappa shape index (κ3) is 3.50. The molecule has 2 atom stereocenters. The highest BCUT2D eigenvalue weighted by atomic mass is 35.5. The Kier molecular flexibility index (Phi) is 5.86. The Bertz CT molecular complexity index is 311. The lowest BCUT2D eigenvalue weighted by Gasteiger charge is -2.23. The van der Waals surface area contributed by atoms with Gasteiger partial charge in [-0.2, -0.15) is 0 Å². The van der Waals surface area contributed by atoms with Crippen LogP contribution in [0.3, 0.4) is 0 Å². The topological polar surface area (TPSA) is 9.23 Å². The van der Waals surface area contributed by atoms with Gasteiger partial charge in [0, 0.05) is 25.5 Å². The largest absolute Gasteiger partial charge is 0.385 e. The van der Waals surface area contributed by atoms with Crippen molar-refractivity contribution in [3.8, 4) is 0 Å². The molecule has 0 saturated carbocycles. The first-order valence-corrected chi connectivity index (χ1v) is 6.34. The van der Waals surface area contributed by atoms with E-state index in [1.165, 1.54) is 11.1 Å². The van der Waals surface area contributed by atoms with Gasteiger partial charge in [0.15, 0.2) is 0 Å². The first-order valence-electron chi connectivity index (χ1n) is 5.81. The Balaban J connectivity index is 2.77. The van der Waals surface area contributed by atoms with Crippen LogP contribution in [0.25, 0.3) is 0 Å². The van der Waals surface area contributed by atoms with Gasteiger partial charge in [0.05, 0.1) is 0 Å². The van der Waals surface area contributed by atoms with Crippen molar-refractivity contribution in [3.63, 3.8) is 0 Å². The monoisotopic (exact) mass is 240 g/mol. The summed E-state index contributed by atoms with van der Waals surface area (Å²) in [5.74, 6) is 1.66. The maximum atomic E-state index is 6.11. The molecule has 0 heterocycles. The molecule has 16 heavy (non-hydrogen) atoms. The van der Waals surface area contributed by atoms with Gasteiger partial charge in [0.2, 0.25) is 0 Å². The minimum absolute atomic E-state index is 0.429. The van der Waals surface area contributed by atoms with Gasteiger partial charge >= 0.3 is 0 Å². The van der Waals surface area contributed by atoms with Crippen molar-refractivity contribution < 1.29 is 4.74 Å². The van der Waals surface area contributed by atoms with Crippen molar-refractivity contribution in [2.75, 3.05) is 19.6 Å². The lowest BCUT2D eigenvalue weighted by Crippen LogP contribution is -2.14. The lowest BCUT2D eigenvalue weighted by atomic mass is 9.85. The van der Waals surface area contributed by atoms with E-state index in [-0.39, 0.29) is 0 Å². The Morgan fingerprint density at radius 2 is 2.00 bits per heavy atom. The third-order valence-corrected chi connectivity index (χ3v) is 3.55. The maximum absolute atomic E-state index is 6.11. The van der Waals surface area contributed by atoms with Gasteiger partial charge in [-0.25, -0.2) is 0 Å². The number of halogens is 1. The predicted molar refractivity (Wildman–Crippen MR) is 70.3 cm³/mol. The van der Waals surface area contributed by atoms with E-state index in [9.17, 15) is 0 Å². The van der Waals surface area contributed by atoms with Gasteiger partial charge in [-0.1, -0.05) is 31.2 Å². The van der Waals surface area contributed by atoms with Crippen LogP contribution in [0.5, 0.6) is 0 Å². The molecular weight excluding hydrogens is 220 g/mol. The summed E-state index contributed by atoms with van der Waals surface area (Å²) in [6.07, 6.45) is 1.06. The summed E-state index contributed by atoms with van der Waals surface area (Å²) in [7, 11) is 1.75. The van der Waals surface area contributed by atoms with Gasteiger partial charge in [-0.15, -0.1) is 11.6 Å². The first kappa shape index (κ1) is 13.5. The van der Waals surface area contributed by atoms with Crippen LogP contribution in [0.4, 0.5) is 0 Å². The normalized spacial score (nSPS) is 14.8. The van der Waals surface area contributed by atoms with Crippen molar-refractivity contribution >= 4 is 11.6 Å². The summed E-state index contributed by atoms with van der Waals surface area (Å²) in [5.41, 5.74) is 2.71. The molecule has 0 fully saturated rings. The molecule has 1 rings (SSSR count). The third-order valence-electron chi connectivity index (χ3n) is 3.22. The molecule has 2 heteroatoms. The zero-order valence-corrected chi connectivity index (χ0v) is 11.1. The number of alkyl halides is 1. The second-order valence-electron chi connectivity index (χ2n) is 4.38. The molecule has 1 nitrogen and oxygen atoms in total. The molecule has 0 aliphatic rings. The van der Waals surface area contributed by atoms with E-state index >= 15 is 0 Å². The number of methoxy groups -OCH3 is 1. The molecule has 1 aromatic carbocycles. The second-order valence-corrected chi connectivity index (χ2v) is 4.68. The van der Waals surface area contributed by atoms with Crippen LogP contribution >= 0.6 is 11.6 Å². The Labute approximate surface area is 104 Å². The van der Waals surface area contributed by atoms with Crippen molar-refractivity contribution in [3.05, 3.63) is 35.4 Å². The average Bonchev–Trinajstić information content (AvgIpc) is 2.30. The van der Waals surface area contributed by atoms with Gasteiger partial charge in [-0.05, 0) is 30.4 Å². The molecule has 1 aromatic rings. The highest BCUT2D eigenvalue weighted by molar-refractivity contribution is 6.18. The Hall–Kier alpha value is -0.530. The lowest BCUT2D eigenvalue weighted by molar-refractivity contribution is 0.176. The SMILES string of the molecule is COCCC(C)C(CCl)c1ccccc1C. The van der Waals surface area contributed by atoms with Gasteiger partial charge in [-0.3, -0.25) is 0 Å². The number of aryl methyl sites for hydroxylation is 1. The number of hydrogen-bond donors (Lipinski definition) is 0. The summed E-state index contributed by atoms with van der Waals surface area (Å²) < 4.78 is 5.13. The van der Waals surface area contributed by atoms with Crippen LogP contribution in [-0.4, -0.2) is 19.6 Å². The van der Waals surface area contributed by atoms with E-state index in [4.69, 9.17) is 16.3 Å². The van der Waals surface area contributed by atoms with Crippen molar-refractivity contribution in [1.29, 1.82) is 0 Å². The van der Waals surface area contributed by atoms with E-state index in [0.717, 1.165) is 13.0 Å². The van der Waals surface area contributed by atoms with Crippen LogP contribution in [0.2, 0.25) is 0 Å². The standard InChI is InChI=1S/C14H21ClO/c1-11-6-4-5-7-13(11)14(10-15)12(2)8-9-16-3/h4-7,12,14H,8-10H2,1-3H3. The quantitative estimate of drug-likeness (QED) is 0.684. The first-order chi connectivity index (χ1) is 7.70. The molecule has 0 aliphatic heterocycles. The van der Waals surface area contributed by atoms with Crippen LogP contribution in [0.1, 0.15) is 30.4 Å². The summed E-state index contributed by atoms with van der Waals surface area (Å²) in [6, 6.07) is 8.50. The molecule has 0 spiro atoms. The van der Waals surface area contributed by atoms with E-state index in [1.807, 2.05) is 0 Å². The summed E-state index contributed by atoms with van der Waals surface area (Å²) >= 11 is 6.11. The molecule has 0 radical (unpaired) electrons. The maximum Gasteiger partial charge on any atom is 0.0465 e. The molecule has 0 aromatic heterocycles. The van der Waals surface area contributed by atoms with E-state index in [0.29, 0.717) is 17.7 Å². The molecule has 90 valence electrons. The fourth-order valence-electron chi connectivity index (χ4n) is 2.05. The van der Waals surface area contributed by atoms with Crippen LogP contribution in [0, 0.1) is 12.8 Å². The minimum atomic E-state index is 0.429. The highest BCUT2D eigenvalue weighted by Gasteiger charge is 2.19. The molecule has 0 bridgehead atoms. The molecule has 2 unspecified atom stereocenters. The summed E-state index contributed by atoms with van der Waals surface area (Å²) in [5, 5.41) is 0. The highest BCUT2D eigenvalue weighted by Crippen LogP contribution is 2.30. The van der Waals surface area contributed by atoms with Gasteiger partial charge in [0.25, 0.3) is 0 Å². The summed E-state index contributed by atoms with van der Waals surface area (Å²) in [6.45, 7) is 5.21. The Morgan fingerprint density at radius 1 is 1.31 bits per heavy atom. The van der Waals surface area contributed by atoms with Crippen molar-refractivity contribution in [1.82, 2.24) is 0 Å². The molecule has 0 saturated heterocycles. The van der Waals surface area contributed by atoms with E-state index in [2.05, 4.69) is 38.1 Å². The van der Waals surface area contributed by atoms with Gasteiger partial charge < -0.3 is 4.74 Å². The molecule has 0 N–H and O–H groups in total. The number of benzene rings is 1. The minimum Gasteiger partial charge on any atom is -0.385 e. The number of hydrogen-bond acceptors (Lipinski definition) is 1. The van der Waals surface area contributed by atoms with Crippen molar-refractivity contribution in [2.45, 2.75) is 26.2 Å². The van der Waals surface area contributed by atoms with E-state index in [1.54, 1.807) is 7.11 Å². The molecule has 0 amide bonds. The van der Waals surface area contributed by atoms with Crippen LogP contribution < -0.4 is 0 Å². The predicted octanol–water partition coefficient (Wildman–Crippen LogP) is 3.99. The number of ether oxygens (including phenoxy) is 1. The molecular formula is C14H21ClO.